The molecule has 3 heterocycles. The summed E-state index contributed by atoms with van der Waals surface area (Å²) in [6.07, 6.45) is 0.505. The second kappa shape index (κ2) is 4.08. The molecule has 1 aliphatic rings. The zero-order valence-corrected chi connectivity index (χ0v) is 11.1. The number of hydrogen-bond acceptors (Lipinski definition) is 3. The summed E-state index contributed by atoms with van der Waals surface area (Å²) >= 11 is 0. The molecule has 1 aromatic carbocycles. The van der Waals surface area contributed by atoms with Crippen LogP contribution >= 0.6 is 0 Å². The van der Waals surface area contributed by atoms with Gasteiger partial charge in [0.2, 0.25) is 11.7 Å². The number of rotatable bonds is 0. The maximum Gasteiger partial charge on any atom is 0.407 e. The Morgan fingerprint density at radius 1 is 1.33 bits per heavy atom. The maximum atomic E-state index is 12.0. The summed E-state index contributed by atoms with van der Waals surface area (Å²) in [7, 11) is 0. The van der Waals surface area contributed by atoms with Crippen molar-refractivity contribution in [3.8, 4) is 0 Å². The lowest BCUT2D eigenvalue weighted by atomic mass is 10.2. The smallest absolute Gasteiger partial charge is 0.407 e. The third-order valence-corrected chi connectivity index (χ3v) is 3.91. The quantitative estimate of drug-likeness (QED) is 0.498. The van der Waals surface area contributed by atoms with E-state index < -0.39 is 6.09 Å². The van der Waals surface area contributed by atoms with Gasteiger partial charge in [-0.3, -0.25) is 4.90 Å². The van der Waals surface area contributed by atoms with Gasteiger partial charge < -0.3 is 14.9 Å². The van der Waals surface area contributed by atoms with Crippen LogP contribution < -0.4 is 4.73 Å². The largest absolute Gasteiger partial charge is 0.618 e. The average molecular weight is 284 g/mol. The van der Waals surface area contributed by atoms with Crippen molar-refractivity contribution in [3.63, 3.8) is 0 Å². The Hall–Kier alpha value is -2.83. The van der Waals surface area contributed by atoms with Crippen molar-refractivity contribution in [2.24, 2.45) is 0 Å². The van der Waals surface area contributed by atoms with Gasteiger partial charge in [-0.1, -0.05) is 12.1 Å². The molecule has 0 atom stereocenters. The molecule has 3 aromatic rings. The third-order valence-electron chi connectivity index (χ3n) is 3.91. The average Bonchev–Trinajstić information content (AvgIpc) is 2.84. The van der Waals surface area contributed by atoms with Crippen molar-refractivity contribution in [2.75, 3.05) is 6.54 Å². The molecule has 106 valence electrons. The minimum atomic E-state index is -0.947. The number of imidazole rings is 1. The second-order valence-electron chi connectivity index (χ2n) is 5.09. The predicted octanol–water partition coefficient (Wildman–Crippen LogP) is 1.32. The highest BCUT2D eigenvalue weighted by molar-refractivity contribution is 6.00. The molecule has 0 fully saturated rings. The number of amides is 1. The molecule has 0 radical (unpaired) electrons. The molecule has 7 nitrogen and oxygen atoms in total. The van der Waals surface area contributed by atoms with Crippen molar-refractivity contribution < 1.29 is 14.6 Å². The standard InChI is InChI=1S/C14H12N4O3/c19-14(20)16-5-6-17-12(8-16)15-10-7-18(21)11-4-2-1-3-9(11)13(10)17/h1-4,7H,5-6,8H2,(H,19,20). The van der Waals surface area contributed by atoms with Gasteiger partial charge in [0.1, 0.15) is 5.82 Å². The zero-order chi connectivity index (χ0) is 14.6. The van der Waals surface area contributed by atoms with E-state index in [1.165, 1.54) is 11.1 Å². The normalized spacial score (nSPS) is 14.6. The van der Waals surface area contributed by atoms with Gasteiger partial charge in [0.05, 0.1) is 17.4 Å². The number of para-hydroxylation sites is 1. The van der Waals surface area contributed by atoms with E-state index in [1.54, 1.807) is 6.07 Å². The molecule has 0 saturated carbocycles. The third kappa shape index (κ3) is 1.63. The lowest BCUT2D eigenvalue weighted by Crippen LogP contribution is -2.37. The molecule has 4 rings (SSSR count). The number of aromatic nitrogens is 3. The van der Waals surface area contributed by atoms with Gasteiger partial charge in [0.25, 0.3) is 0 Å². The van der Waals surface area contributed by atoms with Crippen LogP contribution in [0.1, 0.15) is 5.82 Å². The topological polar surface area (TPSA) is 85.3 Å². The Kier molecular flexibility index (Phi) is 2.32. The van der Waals surface area contributed by atoms with Crippen LogP contribution in [0.25, 0.3) is 21.9 Å². The molecule has 2 aromatic heterocycles. The highest BCUT2D eigenvalue weighted by atomic mass is 16.5. The molecule has 0 saturated heterocycles. The van der Waals surface area contributed by atoms with Crippen LogP contribution in [-0.2, 0) is 13.1 Å². The van der Waals surface area contributed by atoms with Gasteiger partial charge >= 0.3 is 6.09 Å². The Labute approximate surface area is 119 Å². The summed E-state index contributed by atoms with van der Waals surface area (Å²) in [5.41, 5.74) is 2.09. The fraction of sp³-hybridized carbons (Fsp3) is 0.214. The molecule has 0 bridgehead atoms. The number of nitrogens with zero attached hydrogens (tertiary/aromatic N) is 4. The molecule has 1 N–H and O–H groups in total. The van der Waals surface area contributed by atoms with Crippen LogP contribution in [-0.4, -0.2) is 32.2 Å². The molecule has 1 aliphatic heterocycles. The Morgan fingerprint density at radius 3 is 2.95 bits per heavy atom. The van der Waals surface area contributed by atoms with E-state index in [-0.39, 0.29) is 6.54 Å². The molecule has 0 unspecified atom stereocenters. The zero-order valence-electron chi connectivity index (χ0n) is 11.1. The van der Waals surface area contributed by atoms with Crippen LogP contribution in [0.2, 0.25) is 0 Å². The SMILES string of the molecule is O=C(O)N1CCn2c(nc3c[n+]([O-])c4ccccc4c32)C1. The first-order valence-corrected chi connectivity index (χ1v) is 6.63. The van der Waals surface area contributed by atoms with Crippen LogP contribution in [0.5, 0.6) is 0 Å². The molecule has 0 spiro atoms. The summed E-state index contributed by atoms with van der Waals surface area (Å²) < 4.78 is 2.82. The van der Waals surface area contributed by atoms with Crippen molar-refractivity contribution in [2.45, 2.75) is 13.1 Å². The fourth-order valence-corrected chi connectivity index (χ4v) is 2.94. The van der Waals surface area contributed by atoms with Gasteiger partial charge in [0.15, 0.2) is 5.52 Å². The predicted molar refractivity (Wildman–Crippen MR) is 74.6 cm³/mol. The van der Waals surface area contributed by atoms with Gasteiger partial charge in [-0.15, -0.1) is 0 Å². The maximum absolute atomic E-state index is 12.0. The minimum absolute atomic E-state index is 0.247. The number of fused-ring (bicyclic) bond motifs is 5. The van der Waals surface area contributed by atoms with Crippen molar-refractivity contribution in [1.82, 2.24) is 14.5 Å². The lowest BCUT2D eigenvalue weighted by Gasteiger charge is -2.25. The van der Waals surface area contributed by atoms with Gasteiger partial charge in [-0.05, 0) is 6.07 Å². The van der Waals surface area contributed by atoms with E-state index in [4.69, 9.17) is 5.11 Å². The highest BCUT2D eigenvalue weighted by Crippen LogP contribution is 2.26. The Morgan fingerprint density at radius 2 is 2.14 bits per heavy atom. The number of hydrogen-bond donors (Lipinski definition) is 1. The van der Waals surface area contributed by atoms with Crippen LogP contribution in [0, 0.1) is 5.21 Å². The highest BCUT2D eigenvalue weighted by Gasteiger charge is 2.25. The molecular weight excluding hydrogens is 272 g/mol. The number of benzene rings is 1. The van der Waals surface area contributed by atoms with Crippen LogP contribution in [0.4, 0.5) is 4.79 Å². The Bertz CT molecular complexity index is 887. The van der Waals surface area contributed by atoms with Crippen molar-refractivity contribution >= 4 is 28.0 Å². The summed E-state index contributed by atoms with van der Waals surface area (Å²) in [6, 6.07) is 7.37. The first-order valence-electron chi connectivity index (χ1n) is 6.63. The van der Waals surface area contributed by atoms with E-state index in [0.29, 0.717) is 29.9 Å². The van der Waals surface area contributed by atoms with Crippen LogP contribution in [0.15, 0.2) is 30.5 Å². The number of carbonyl (C=O) groups is 1. The van der Waals surface area contributed by atoms with Gasteiger partial charge in [-0.2, -0.15) is 4.73 Å². The molecule has 7 heteroatoms. The Balaban J connectivity index is 2.01. The van der Waals surface area contributed by atoms with E-state index >= 15 is 0 Å². The summed E-state index contributed by atoms with van der Waals surface area (Å²) in [4.78, 5) is 16.8. The van der Waals surface area contributed by atoms with Gasteiger partial charge in [0, 0.05) is 19.2 Å². The second-order valence-corrected chi connectivity index (χ2v) is 5.09. The first-order chi connectivity index (χ1) is 10.1. The van der Waals surface area contributed by atoms with Gasteiger partial charge in [-0.25, -0.2) is 9.78 Å². The number of carboxylic acid groups (broad SMARTS) is 1. The molecule has 0 aliphatic carbocycles. The van der Waals surface area contributed by atoms with Crippen LogP contribution in [0.3, 0.4) is 0 Å². The van der Waals surface area contributed by atoms with E-state index in [0.717, 1.165) is 15.6 Å². The lowest BCUT2D eigenvalue weighted by molar-refractivity contribution is -0.575. The van der Waals surface area contributed by atoms with E-state index in [2.05, 4.69) is 4.98 Å². The van der Waals surface area contributed by atoms with Crippen molar-refractivity contribution in [1.29, 1.82) is 0 Å². The minimum Gasteiger partial charge on any atom is -0.618 e. The van der Waals surface area contributed by atoms with E-state index in [1.807, 2.05) is 22.8 Å². The molecule has 1 amide bonds. The number of pyridine rings is 1. The van der Waals surface area contributed by atoms with Crippen molar-refractivity contribution in [3.05, 3.63) is 41.5 Å². The molecule has 21 heavy (non-hydrogen) atoms. The monoisotopic (exact) mass is 284 g/mol. The fourth-order valence-electron chi connectivity index (χ4n) is 2.94. The summed E-state index contributed by atoms with van der Waals surface area (Å²) in [5.74, 6) is 0.676. The summed E-state index contributed by atoms with van der Waals surface area (Å²) in [6.45, 7) is 1.22. The molecular formula is C14H12N4O3. The first kappa shape index (κ1) is 12.0. The van der Waals surface area contributed by atoms with E-state index in [9.17, 15) is 10.0 Å². The summed E-state index contributed by atoms with van der Waals surface area (Å²) in [5, 5.41) is 22.0.